The average Bonchev–Trinajstić information content (AvgIpc) is 3.00. The molecule has 140 valence electrons. The number of hydrogen-bond donors (Lipinski definition) is 2. The summed E-state index contributed by atoms with van der Waals surface area (Å²) in [5.41, 5.74) is 4.11. The molecule has 8 heteroatoms. The van der Waals surface area contributed by atoms with Gasteiger partial charge in [-0.05, 0) is 33.9 Å². The number of benzene rings is 2. The lowest BCUT2D eigenvalue weighted by molar-refractivity contribution is 0.0690. The number of fused-ring (bicyclic) bond motifs is 3. The van der Waals surface area contributed by atoms with E-state index in [1.54, 1.807) is 0 Å². The highest BCUT2D eigenvalue weighted by atomic mass is 35.5. The van der Waals surface area contributed by atoms with Gasteiger partial charge < -0.3 is 9.84 Å². The summed E-state index contributed by atoms with van der Waals surface area (Å²) in [4.78, 5) is 30.6. The van der Waals surface area contributed by atoms with E-state index in [0.29, 0.717) is 0 Å². The zero-order valence-corrected chi connectivity index (χ0v) is 15.2. The van der Waals surface area contributed by atoms with Crippen molar-refractivity contribution >= 4 is 29.5 Å². The Bertz CT molecular complexity index is 1040. The summed E-state index contributed by atoms with van der Waals surface area (Å²) in [6.45, 7) is 0.129. The highest BCUT2D eigenvalue weighted by molar-refractivity contribution is 6.28. The Hall–Kier alpha value is -3.45. The molecular formula is C20H14ClN3O4. The number of carbonyl (C=O) groups is 2. The molecule has 3 aromatic rings. The number of carbonyl (C=O) groups excluding carboxylic acids is 1. The van der Waals surface area contributed by atoms with Crippen molar-refractivity contribution < 1.29 is 19.4 Å². The predicted molar refractivity (Wildman–Crippen MR) is 103 cm³/mol. The maximum absolute atomic E-state index is 12.2. The summed E-state index contributed by atoms with van der Waals surface area (Å²) in [5.74, 6) is -1.41. The zero-order valence-electron chi connectivity index (χ0n) is 14.4. The van der Waals surface area contributed by atoms with Crippen molar-refractivity contribution in [3.8, 4) is 11.1 Å². The van der Waals surface area contributed by atoms with Crippen molar-refractivity contribution in [2.75, 3.05) is 11.9 Å². The molecule has 4 rings (SSSR count). The first-order chi connectivity index (χ1) is 13.5. The Balaban J connectivity index is 1.49. The van der Waals surface area contributed by atoms with E-state index >= 15 is 0 Å². The number of amides is 1. The minimum atomic E-state index is -1.28. The first-order valence-electron chi connectivity index (χ1n) is 8.43. The SMILES string of the molecule is O=C(Nc1cc(C(=O)O)nc(Cl)n1)OCC1c2ccccc2-c2ccccc21. The van der Waals surface area contributed by atoms with Crippen molar-refractivity contribution in [3.05, 3.63) is 76.7 Å². The van der Waals surface area contributed by atoms with Crippen LogP contribution in [0.5, 0.6) is 0 Å². The van der Waals surface area contributed by atoms with Gasteiger partial charge in [0.2, 0.25) is 5.28 Å². The molecule has 0 aliphatic heterocycles. The van der Waals surface area contributed by atoms with Gasteiger partial charge in [0.1, 0.15) is 12.4 Å². The normalized spacial score (nSPS) is 12.2. The van der Waals surface area contributed by atoms with Gasteiger partial charge in [-0.3, -0.25) is 5.32 Å². The lowest BCUT2D eigenvalue weighted by Crippen LogP contribution is -2.19. The van der Waals surface area contributed by atoms with Gasteiger partial charge in [-0.1, -0.05) is 48.5 Å². The number of hydrogen-bond acceptors (Lipinski definition) is 5. The van der Waals surface area contributed by atoms with Crippen LogP contribution in [0.15, 0.2) is 54.6 Å². The zero-order chi connectivity index (χ0) is 19.7. The van der Waals surface area contributed by atoms with E-state index in [1.807, 2.05) is 48.5 Å². The van der Waals surface area contributed by atoms with Crippen LogP contribution in [-0.2, 0) is 4.74 Å². The number of rotatable bonds is 4. The van der Waals surface area contributed by atoms with Crippen molar-refractivity contribution in [2.24, 2.45) is 0 Å². The summed E-state index contributed by atoms with van der Waals surface area (Å²) >= 11 is 5.69. The Labute approximate surface area is 165 Å². The first kappa shape index (κ1) is 17.9. The average molecular weight is 396 g/mol. The summed E-state index contributed by atoms with van der Waals surface area (Å²) in [7, 11) is 0. The molecule has 0 spiro atoms. The lowest BCUT2D eigenvalue weighted by Gasteiger charge is -2.14. The van der Waals surface area contributed by atoms with E-state index in [9.17, 15) is 9.59 Å². The molecule has 1 heterocycles. The van der Waals surface area contributed by atoms with Crippen LogP contribution in [-0.4, -0.2) is 33.7 Å². The van der Waals surface area contributed by atoms with E-state index in [-0.39, 0.29) is 29.3 Å². The standard InChI is InChI=1S/C20H14ClN3O4/c21-19-22-16(18(25)26)9-17(23-19)24-20(27)28-10-15-13-7-3-1-5-11(13)12-6-2-4-8-14(12)15/h1-9,15H,10H2,(H,25,26)(H,22,23,24,27). The Morgan fingerprint density at radius 3 is 2.25 bits per heavy atom. The molecule has 1 aliphatic rings. The molecule has 0 saturated heterocycles. The highest BCUT2D eigenvalue weighted by Crippen LogP contribution is 2.44. The molecule has 0 atom stereocenters. The van der Waals surface area contributed by atoms with Crippen LogP contribution in [0.2, 0.25) is 5.28 Å². The molecule has 1 aliphatic carbocycles. The number of nitrogens with zero attached hydrogens (tertiary/aromatic N) is 2. The van der Waals surface area contributed by atoms with Crippen molar-refractivity contribution in [3.63, 3.8) is 0 Å². The molecule has 2 aromatic carbocycles. The fraction of sp³-hybridized carbons (Fsp3) is 0.100. The van der Waals surface area contributed by atoms with Crippen LogP contribution < -0.4 is 5.32 Å². The molecule has 2 N–H and O–H groups in total. The predicted octanol–water partition coefficient (Wildman–Crippen LogP) is 4.19. The van der Waals surface area contributed by atoms with Crippen LogP contribution in [0.4, 0.5) is 10.6 Å². The van der Waals surface area contributed by atoms with E-state index in [0.717, 1.165) is 28.3 Å². The van der Waals surface area contributed by atoms with Crippen LogP contribution >= 0.6 is 11.6 Å². The van der Waals surface area contributed by atoms with Crippen LogP contribution in [0.1, 0.15) is 27.5 Å². The summed E-state index contributed by atoms with van der Waals surface area (Å²) in [6.07, 6.45) is -0.757. The molecule has 28 heavy (non-hydrogen) atoms. The van der Waals surface area contributed by atoms with Gasteiger partial charge in [-0.25, -0.2) is 19.6 Å². The van der Waals surface area contributed by atoms with Gasteiger partial charge in [-0.2, -0.15) is 0 Å². The topological polar surface area (TPSA) is 101 Å². The van der Waals surface area contributed by atoms with Crippen molar-refractivity contribution in [2.45, 2.75) is 5.92 Å². The summed E-state index contributed by atoms with van der Waals surface area (Å²) in [5, 5.41) is 11.1. The van der Waals surface area contributed by atoms with Gasteiger partial charge in [0.25, 0.3) is 0 Å². The van der Waals surface area contributed by atoms with E-state index in [4.69, 9.17) is 21.4 Å². The van der Waals surface area contributed by atoms with Crippen molar-refractivity contribution in [1.29, 1.82) is 0 Å². The van der Waals surface area contributed by atoms with E-state index in [2.05, 4.69) is 15.3 Å². The Morgan fingerprint density at radius 2 is 1.64 bits per heavy atom. The maximum Gasteiger partial charge on any atom is 0.412 e. The second kappa shape index (κ2) is 7.28. The molecule has 1 amide bonds. The molecule has 0 radical (unpaired) electrons. The smallest absolute Gasteiger partial charge is 0.412 e. The van der Waals surface area contributed by atoms with Crippen molar-refractivity contribution in [1.82, 2.24) is 9.97 Å². The third-order valence-corrected chi connectivity index (χ3v) is 4.66. The van der Waals surface area contributed by atoms with E-state index in [1.165, 1.54) is 0 Å². The maximum atomic E-state index is 12.2. The fourth-order valence-corrected chi connectivity index (χ4v) is 3.51. The van der Waals surface area contributed by atoms with Crippen LogP contribution in [0.3, 0.4) is 0 Å². The highest BCUT2D eigenvalue weighted by Gasteiger charge is 2.29. The minimum Gasteiger partial charge on any atom is -0.477 e. The van der Waals surface area contributed by atoms with E-state index < -0.39 is 12.1 Å². The molecule has 7 nitrogen and oxygen atoms in total. The Kier molecular flexibility index (Phi) is 4.67. The number of aromatic nitrogens is 2. The van der Waals surface area contributed by atoms with Gasteiger partial charge in [-0.15, -0.1) is 0 Å². The molecule has 1 aromatic heterocycles. The van der Waals surface area contributed by atoms with Gasteiger partial charge in [0.15, 0.2) is 5.69 Å². The number of carboxylic acids is 1. The van der Waals surface area contributed by atoms with Gasteiger partial charge in [0.05, 0.1) is 0 Å². The monoisotopic (exact) mass is 395 g/mol. The number of halogens is 1. The van der Waals surface area contributed by atoms with Crippen LogP contribution in [0, 0.1) is 0 Å². The largest absolute Gasteiger partial charge is 0.477 e. The molecule has 0 fully saturated rings. The van der Waals surface area contributed by atoms with Crippen LogP contribution in [0.25, 0.3) is 11.1 Å². The second-order valence-electron chi connectivity index (χ2n) is 6.16. The summed E-state index contributed by atoms with van der Waals surface area (Å²) in [6, 6.07) is 17.1. The number of nitrogens with one attached hydrogen (secondary N) is 1. The number of ether oxygens (including phenoxy) is 1. The third-order valence-electron chi connectivity index (χ3n) is 4.49. The van der Waals surface area contributed by atoms with Gasteiger partial charge in [0, 0.05) is 12.0 Å². The quantitative estimate of drug-likeness (QED) is 0.642. The molecule has 0 bridgehead atoms. The minimum absolute atomic E-state index is 0.0466. The van der Waals surface area contributed by atoms with Gasteiger partial charge >= 0.3 is 12.1 Å². The second-order valence-corrected chi connectivity index (χ2v) is 6.50. The number of carboxylic acid groups (broad SMARTS) is 1. The molecule has 0 saturated carbocycles. The first-order valence-corrected chi connectivity index (χ1v) is 8.80. The Morgan fingerprint density at radius 1 is 1.04 bits per heavy atom. The number of anilines is 1. The molecule has 0 unspecified atom stereocenters. The summed E-state index contributed by atoms with van der Waals surface area (Å²) < 4.78 is 5.38. The molecular weight excluding hydrogens is 382 g/mol. The fourth-order valence-electron chi connectivity index (χ4n) is 3.33. The lowest BCUT2D eigenvalue weighted by atomic mass is 9.98. The number of aromatic carboxylic acids is 1. The third kappa shape index (κ3) is 3.39.